The van der Waals surface area contributed by atoms with Crippen molar-refractivity contribution in [2.45, 2.75) is 25.1 Å². The number of nitrogens with one attached hydrogen (secondary N) is 3. The van der Waals surface area contributed by atoms with Gasteiger partial charge in [0.25, 0.3) is 5.91 Å². The minimum absolute atomic E-state index is 0.284. The van der Waals surface area contributed by atoms with Gasteiger partial charge in [0.1, 0.15) is 41.7 Å². The molecule has 3 N–H and O–H groups in total. The van der Waals surface area contributed by atoms with Crippen LogP contribution in [0.5, 0.6) is 0 Å². The van der Waals surface area contributed by atoms with Crippen molar-refractivity contribution < 1.29 is 13.9 Å². The van der Waals surface area contributed by atoms with E-state index in [0.29, 0.717) is 36.3 Å². The van der Waals surface area contributed by atoms with E-state index in [1.54, 1.807) is 13.1 Å². The number of alkyl halides is 1. The van der Waals surface area contributed by atoms with Gasteiger partial charge in [-0.15, -0.1) is 0 Å². The molecule has 0 aromatic carbocycles. The van der Waals surface area contributed by atoms with E-state index in [2.05, 4.69) is 35.9 Å². The van der Waals surface area contributed by atoms with Gasteiger partial charge in [-0.3, -0.25) is 4.79 Å². The molecule has 3 aromatic rings. The molecule has 1 saturated heterocycles. The summed E-state index contributed by atoms with van der Waals surface area (Å²) in [5.74, 6) is 2.18. The summed E-state index contributed by atoms with van der Waals surface area (Å²) in [6, 6.07) is 7.04. The molecule has 10 nitrogen and oxygen atoms in total. The summed E-state index contributed by atoms with van der Waals surface area (Å²) in [5, 5.41) is 13.2. The van der Waals surface area contributed by atoms with Crippen LogP contribution < -0.4 is 20.9 Å². The predicted octanol–water partition coefficient (Wildman–Crippen LogP) is 1.93. The zero-order valence-corrected chi connectivity index (χ0v) is 17.0. The van der Waals surface area contributed by atoms with Crippen molar-refractivity contribution in [3.8, 4) is 0 Å². The summed E-state index contributed by atoms with van der Waals surface area (Å²) in [7, 11) is 1.76. The van der Waals surface area contributed by atoms with Gasteiger partial charge >= 0.3 is 0 Å². The molecule has 31 heavy (non-hydrogen) atoms. The highest BCUT2D eigenvalue weighted by Gasteiger charge is 2.39. The first-order chi connectivity index (χ1) is 15.1. The van der Waals surface area contributed by atoms with Crippen LogP contribution in [0.2, 0.25) is 0 Å². The Morgan fingerprint density at radius 3 is 2.90 bits per heavy atom. The van der Waals surface area contributed by atoms with Crippen molar-refractivity contribution in [1.82, 2.24) is 24.9 Å². The molecule has 162 valence electrons. The van der Waals surface area contributed by atoms with Crippen LogP contribution in [0.25, 0.3) is 5.65 Å². The first-order valence-corrected chi connectivity index (χ1v) is 10.2. The number of nitrogens with zero attached hydrogens (tertiary/aromatic N) is 5. The van der Waals surface area contributed by atoms with Gasteiger partial charge in [-0.2, -0.15) is 9.61 Å². The van der Waals surface area contributed by atoms with Crippen molar-refractivity contribution in [2.75, 3.05) is 42.5 Å². The number of hydrogen-bond acceptors (Lipinski definition) is 8. The molecule has 2 fully saturated rings. The average molecular weight is 426 g/mol. The molecule has 2 atom stereocenters. The van der Waals surface area contributed by atoms with E-state index in [9.17, 15) is 9.18 Å². The highest BCUT2D eigenvalue weighted by atomic mass is 19.1. The average Bonchev–Trinajstić information content (AvgIpc) is 3.31. The van der Waals surface area contributed by atoms with E-state index in [1.807, 2.05) is 18.2 Å². The number of fused-ring (bicyclic) bond motifs is 1. The van der Waals surface area contributed by atoms with Crippen LogP contribution in [0.15, 0.2) is 30.5 Å². The van der Waals surface area contributed by atoms with Crippen LogP contribution in [0.3, 0.4) is 0 Å². The zero-order chi connectivity index (χ0) is 21.4. The molecule has 1 amide bonds. The molecule has 4 heterocycles. The molecular formula is C20H23FN8O2. The van der Waals surface area contributed by atoms with Gasteiger partial charge in [0.15, 0.2) is 5.65 Å². The number of amides is 1. The van der Waals surface area contributed by atoms with Crippen LogP contribution >= 0.6 is 0 Å². The summed E-state index contributed by atoms with van der Waals surface area (Å²) < 4.78 is 20.2. The summed E-state index contributed by atoms with van der Waals surface area (Å²) in [5.41, 5.74) is 0.648. The van der Waals surface area contributed by atoms with E-state index in [-0.39, 0.29) is 5.56 Å². The SMILES string of the molecule is CNc1cc(Nc2cccc(N3CCCOC3)n2)nc2c(C(=O)N[C@H]3C[C@H]3F)cnn12. The number of hydrogen-bond donors (Lipinski definition) is 3. The maximum absolute atomic E-state index is 13.2. The highest BCUT2D eigenvalue weighted by Crippen LogP contribution is 2.27. The predicted molar refractivity (Wildman–Crippen MR) is 114 cm³/mol. The van der Waals surface area contributed by atoms with E-state index in [0.717, 1.165) is 25.4 Å². The van der Waals surface area contributed by atoms with Crippen LogP contribution in [-0.2, 0) is 4.74 Å². The third kappa shape index (κ3) is 3.96. The molecule has 1 aliphatic heterocycles. The number of aromatic nitrogens is 4. The van der Waals surface area contributed by atoms with Crippen LogP contribution in [0, 0.1) is 0 Å². The highest BCUT2D eigenvalue weighted by molar-refractivity contribution is 6.00. The molecular weight excluding hydrogens is 403 g/mol. The minimum atomic E-state index is -0.979. The number of rotatable bonds is 6. The van der Waals surface area contributed by atoms with E-state index in [1.165, 1.54) is 10.7 Å². The summed E-state index contributed by atoms with van der Waals surface area (Å²) in [4.78, 5) is 23.9. The van der Waals surface area contributed by atoms with Gasteiger partial charge in [0, 0.05) is 26.1 Å². The lowest BCUT2D eigenvalue weighted by molar-refractivity contribution is 0.0949. The fourth-order valence-corrected chi connectivity index (χ4v) is 3.50. The normalized spacial score (nSPS) is 20.5. The van der Waals surface area contributed by atoms with Crippen LogP contribution in [0.4, 0.5) is 27.7 Å². The van der Waals surface area contributed by atoms with Crippen molar-refractivity contribution in [2.24, 2.45) is 0 Å². The molecule has 1 saturated carbocycles. The quantitative estimate of drug-likeness (QED) is 0.549. The van der Waals surface area contributed by atoms with Gasteiger partial charge in [-0.25, -0.2) is 14.4 Å². The van der Waals surface area contributed by atoms with Crippen LogP contribution in [0.1, 0.15) is 23.2 Å². The molecule has 0 bridgehead atoms. The first-order valence-electron chi connectivity index (χ1n) is 10.2. The van der Waals surface area contributed by atoms with Crippen molar-refractivity contribution in [3.63, 3.8) is 0 Å². The maximum atomic E-state index is 13.2. The Labute approximate surface area is 177 Å². The Kier molecular flexibility index (Phi) is 5.02. The largest absolute Gasteiger partial charge is 0.373 e. The number of halogens is 1. The lowest BCUT2D eigenvalue weighted by atomic mass is 10.3. The molecule has 11 heteroatoms. The van der Waals surface area contributed by atoms with E-state index in [4.69, 9.17) is 4.74 Å². The molecule has 1 aliphatic carbocycles. The zero-order valence-electron chi connectivity index (χ0n) is 17.0. The Bertz CT molecular complexity index is 1110. The number of anilines is 4. The Morgan fingerprint density at radius 1 is 1.29 bits per heavy atom. The molecule has 0 unspecified atom stereocenters. The first kappa shape index (κ1) is 19.5. The lowest BCUT2D eigenvalue weighted by Crippen LogP contribution is -2.33. The summed E-state index contributed by atoms with van der Waals surface area (Å²) in [6.07, 6.45) is 1.76. The molecule has 5 rings (SSSR count). The summed E-state index contributed by atoms with van der Waals surface area (Å²) in [6.45, 7) is 2.17. The topological polar surface area (TPSA) is 109 Å². The second-order valence-corrected chi connectivity index (χ2v) is 7.56. The Balaban J connectivity index is 1.43. The molecule has 3 aromatic heterocycles. The third-order valence-electron chi connectivity index (χ3n) is 5.28. The minimum Gasteiger partial charge on any atom is -0.373 e. The molecule has 2 aliphatic rings. The Hall–Kier alpha value is -3.47. The van der Waals surface area contributed by atoms with Crippen molar-refractivity contribution in [1.29, 1.82) is 0 Å². The standard InChI is InChI=1S/C20H23FN8O2/c1-22-18-9-16(25-15-4-2-5-17(26-15)28-6-3-7-31-11-28)27-19-12(10-23-29(18)19)20(30)24-14-8-13(14)21/h2,4-5,9-10,13-14,22H,3,6-8,11H2,1H3,(H,24,30)(H,25,26,27)/t13-,14+/m1/s1. The molecule has 0 spiro atoms. The summed E-state index contributed by atoms with van der Waals surface area (Å²) >= 11 is 0. The van der Waals surface area contributed by atoms with Gasteiger partial charge in [0.05, 0.1) is 18.8 Å². The van der Waals surface area contributed by atoms with Gasteiger partial charge in [0.2, 0.25) is 0 Å². The fraction of sp³-hybridized carbons (Fsp3) is 0.400. The number of pyridine rings is 1. The Morgan fingerprint density at radius 2 is 2.16 bits per heavy atom. The van der Waals surface area contributed by atoms with E-state index < -0.39 is 18.1 Å². The van der Waals surface area contributed by atoms with Crippen LogP contribution in [-0.4, -0.2) is 64.6 Å². The smallest absolute Gasteiger partial charge is 0.257 e. The van der Waals surface area contributed by atoms with Gasteiger partial charge in [-0.05, 0) is 18.6 Å². The monoisotopic (exact) mass is 426 g/mol. The lowest BCUT2D eigenvalue weighted by Gasteiger charge is -2.27. The fourth-order valence-electron chi connectivity index (χ4n) is 3.50. The van der Waals surface area contributed by atoms with Gasteiger partial charge < -0.3 is 25.6 Å². The second kappa shape index (κ2) is 7.99. The number of carbonyl (C=O) groups excluding carboxylic acids is 1. The number of carbonyl (C=O) groups is 1. The second-order valence-electron chi connectivity index (χ2n) is 7.56. The molecule has 0 radical (unpaired) electrons. The van der Waals surface area contributed by atoms with Gasteiger partial charge in [-0.1, -0.05) is 6.07 Å². The third-order valence-corrected chi connectivity index (χ3v) is 5.28. The van der Waals surface area contributed by atoms with Crippen molar-refractivity contribution >= 4 is 34.8 Å². The van der Waals surface area contributed by atoms with E-state index >= 15 is 0 Å². The number of ether oxygens (including phenoxy) is 1. The maximum Gasteiger partial charge on any atom is 0.257 e. The van der Waals surface area contributed by atoms with Crippen molar-refractivity contribution in [3.05, 3.63) is 36.0 Å².